The fraction of sp³-hybridized carbons (Fsp3) is 0.0625. The van der Waals surface area contributed by atoms with Crippen molar-refractivity contribution in [2.45, 2.75) is 23.7 Å². The molecule has 8 heteroatoms. The number of benzene rings is 10. The van der Waals surface area contributed by atoms with E-state index in [9.17, 15) is 26.3 Å². The zero-order chi connectivity index (χ0) is 50.5. The van der Waals surface area contributed by atoms with E-state index in [0.717, 1.165) is 35.8 Å². The van der Waals surface area contributed by atoms with Gasteiger partial charge in [-0.3, -0.25) is 0 Å². The van der Waals surface area contributed by atoms with Gasteiger partial charge in [0.25, 0.3) is 0 Å². The second-order valence-electron chi connectivity index (χ2n) is 16.2. The Labute approximate surface area is 417 Å². The minimum absolute atomic E-state index is 0.309. The largest absolute Gasteiger partial charge is 0.457 e. The second-order valence-corrected chi connectivity index (χ2v) is 16.2. The van der Waals surface area contributed by atoms with Crippen molar-refractivity contribution < 1.29 is 31.1 Å². The highest BCUT2D eigenvalue weighted by atomic mass is 19.3. The number of rotatable bonds is 12. The molecule has 0 N–H and O–H groups in total. The zero-order valence-electron chi connectivity index (χ0n) is 39.1. The van der Waals surface area contributed by atoms with Crippen molar-refractivity contribution in [1.82, 2.24) is 0 Å². The van der Waals surface area contributed by atoms with E-state index in [1.165, 1.54) is 45.9 Å². The van der Waals surface area contributed by atoms with Crippen LogP contribution >= 0.6 is 0 Å². The Morgan fingerprint density at radius 1 is 0.264 bits per heavy atom. The molecule has 0 unspecified atom stereocenters. The lowest BCUT2D eigenvalue weighted by atomic mass is 9.85. The third-order valence-electron chi connectivity index (χ3n) is 11.2. The van der Waals surface area contributed by atoms with Crippen molar-refractivity contribution in [1.29, 1.82) is 0 Å². The standard InChI is InChI=1S/C19H16.C18H15N.C15H10F6.C12H10O/c2*1-4-10-16(11-5-1)19(17-12-6-2-7-13-17)18-14-8-3-9-15-18;16-13(17,11-7-3-1-4-8-11)15(20,21)14(18,19)12-9-5-2-6-10-12;1-3-7-11(8-4-1)13-12-9-5-2-6-10-12/h1-15,19H;1-15H;1-10H;1-10H. The third-order valence-corrected chi connectivity index (χ3v) is 11.2. The van der Waals surface area contributed by atoms with Crippen LogP contribution in [-0.4, -0.2) is 5.92 Å². The quantitative estimate of drug-likeness (QED) is 0.0894. The molecule has 0 aromatic heterocycles. The minimum atomic E-state index is -5.57. The van der Waals surface area contributed by atoms with Crippen LogP contribution in [0.3, 0.4) is 0 Å². The molecule has 360 valence electrons. The molecular weight excluding hydrogens is 913 g/mol. The van der Waals surface area contributed by atoms with Gasteiger partial charge in [0.2, 0.25) is 0 Å². The van der Waals surface area contributed by atoms with Gasteiger partial charge in [-0.25, -0.2) is 0 Å². The van der Waals surface area contributed by atoms with Crippen molar-refractivity contribution >= 4 is 17.1 Å². The topological polar surface area (TPSA) is 12.5 Å². The summed E-state index contributed by atoms with van der Waals surface area (Å²) in [7, 11) is 0. The number of para-hydroxylation sites is 5. The Bertz CT molecular complexity index is 2640. The molecule has 0 radical (unpaired) electrons. The van der Waals surface area contributed by atoms with E-state index in [4.69, 9.17) is 4.74 Å². The summed E-state index contributed by atoms with van der Waals surface area (Å²) in [4.78, 5) is 2.25. The average molecular weight is 964 g/mol. The van der Waals surface area contributed by atoms with Crippen molar-refractivity contribution in [2.75, 3.05) is 4.90 Å². The van der Waals surface area contributed by atoms with Crippen molar-refractivity contribution in [3.8, 4) is 11.5 Å². The predicted octanol–water partition coefficient (Wildman–Crippen LogP) is 18.7. The van der Waals surface area contributed by atoms with Gasteiger partial charge in [0.05, 0.1) is 0 Å². The van der Waals surface area contributed by atoms with Crippen LogP contribution in [-0.2, 0) is 11.8 Å². The molecule has 0 fully saturated rings. The number of alkyl halides is 6. The van der Waals surface area contributed by atoms with Crippen LogP contribution in [0, 0.1) is 0 Å². The summed E-state index contributed by atoms with van der Waals surface area (Å²) >= 11 is 0. The lowest BCUT2D eigenvalue weighted by molar-refractivity contribution is -0.321. The molecule has 0 aliphatic rings. The Morgan fingerprint density at radius 2 is 0.472 bits per heavy atom. The van der Waals surface area contributed by atoms with Crippen LogP contribution in [0.25, 0.3) is 0 Å². The van der Waals surface area contributed by atoms with Crippen LogP contribution in [0.15, 0.2) is 303 Å². The second kappa shape index (κ2) is 25.3. The monoisotopic (exact) mass is 963 g/mol. The number of anilines is 3. The van der Waals surface area contributed by atoms with Gasteiger partial charge >= 0.3 is 17.8 Å². The molecule has 10 aromatic carbocycles. The van der Waals surface area contributed by atoms with E-state index in [1.807, 2.05) is 78.9 Å². The van der Waals surface area contributed by atoms with E-state index in [0.29, 0.717) is 30.2 Å². The molecule has 0 atom stereocenters. The fourth-order valence-electron chi connectivity index (χ4n) is 7.66. The molecule has 0 amide bonds. The number of halogens is 6. The number of hydrogen-bond acceptors (Lipinski definition) is 2. The molecule has 10 aromatic rings. The first-order valence-corrected chi connectivity index (χ1v) is 23.2. The summed E-state index contributed by atoms with van der Waals surface area (Å²) in [6, 6.07) is 92.5. The number of nitrogens with zero attached hydrogens (tertiary/aromatic N) is 1. The molecule has 0 aliphatic carbocycles. The Hall–Kier alpha value is -8.62. The molecule has 0 heterocycles. The summed E-state index contributed by atoms with van der Waals surface area (Å²) < 4.78 is 88.8. The lowest BCUT2D eigenvalue weighted by Gasteiger charge is -2.33. The maximum atomic E-state index is 13.9. The highest BCUT2D eigenvalue weighted by Crippen LogP contribution is 2.55. The van der Waals surface area contributed by atoms with Crippen LogP contribution in [0.5, 0.6) is 11.5 Å². The van der Waals surface area contributed by atoms with Crippen molar-refractivity contribution in [3.63, 3.8) is 0 Å². The molecule has 2 nitrogen and oxygen atoms in total. The maximum absolute atomic E-state index is 13.9. The smallest absolute Gasteiger partial charge is 0.380 e. The van der Waals surface area contributed by atoms with E-state index < -0.39 is 28.9 Å². The SMILES string of the molecule is FC(F)(c1ccccc1)C(F)(F)C(F)(F)c1ccccc1.c1ccc(C(c2ccccc2)c2ccccc2)cc1.c1ccc(N(c2ccccc2)c2ccccc2)cc1.c1ccc(Oc2ccccc2)cc1. The molecular formula is C64H51F6NO. The van der Waals surface area contributed by atoms with Gasteiger partial charge in [0.1, 0.15) is 11.5 Å². The van der Waals surface area contributed by atoms with E-state index in [2.05, 4.69) is 169 Å². The van der Waals surface area contributed by atoms with Gasteiger partial charge < -0.3 is 9.64 Å². The van der Waals surface area contributed by atoms with E-state index in [-0.39, 0.29) is 0 Å². The molecule has 72 heavy (non-hydrogen) atoms. The Balaban J connectivity index is 0.000000142. The van der Waals surface area contributed by atoms with Gasteiger partial charge in [-0.1, -0.05) is 243 Å². The first-order valence-electron chi connectivity index (χ1n) is 23.2. The zero-order valence-corrected chi connectivity index (χ0v) is 39.1. The van der Waals surface area contributed by atoms with Crippen LogP contribution < -0.4 is 9.64 Å². The van der Waals surface area contributed by atoms with Gasteiger partial charge in [-0.2, -0.15) is 26.3 Å². The highest BCUT2D eigenvalue weighted by molar-refractivity contribution is 5.76. The molecule has 0 bridgehead atoms. The molecule has 0 spiro atoms. The lowest BCUT2D eigenvalue weighted by Crippen LogP contribution is -2.50. The Kier molecular flexibility index (Phi) is 18.0. The molecule has 0 aliphatic heterocycles. The van der Waals surface area contributed by atoms with Gasteiger partial charge in [-0.15, -0.1) is 0 Å². The highest BCUT2D eigenvalue weighted by Gasteiger charge is 2.72. The summed E-state index contributed by atoms with van der Waals surface area (Å²) in [5, 5.41) is 0. The number of ether oxygens (including phenoxy) is 1. The van der Waals surface area contributed by atoms with Crippen LogP contribution in [0.2, 0.25) is 0 Å². The van der Waals surface area contributed by atoms with Gasteiger partial charge in [0.15, 0.2) is 0 Å². The maximum Gasteiger partial charge on any atom is 0.380 e. The predicted molar refractivity (Wildman–Crippen MR) is 280 cm³/mol. The van der Waals surface area contributed by atoms with Crippen LogP contribution in [0.4, 0.5) is 43.4 Å². The van der Waals surface area contributed by atoms with Crippen molar-refractivity contribution in [2.24, 2.45) is 0 Å². The minimum Gasteiger partial charge on any atom is -0.457 e. The summed E-state index contributed by atoms with van der Waals surface area (Å²) in [6.07, 6.45) is 0. The average Bonchev–Trinajstić information content (AvgIpc) is 3.44. The normalized spacial score (nSPS) is 11.0. The summed E-state index contributed by atoms with van der Waals surface area (Å²) in [5.74, 6) is -13.5. The summed E-state index contributed by atoms with van der Waals surface area (Å²) in [5.41, 5.74) is 5.18. The fourth-order valence-corrected chi connectivity index (χ4v) is 7.66. The molecule has 0 saturated carbocycles. The number of hydrogen-bond donors (Lipinski definition) is 0. The third kappa shape index (κ3) is 13.4. The molecule has 0 saturated heterocycles. The Morgan fingerprint density at radius 3 is 0.722 bits per heavy atom. The van der Waals surface area contributed by atoms with Crippen molar-refractivity contribution in [3.05, 3.63) is 331 Å². The van der Waals surface area contributed by atoms with Gasteiger partial charge in [-0.05, 0) is 77.4 Å². The van der Waals surface area contributed by atoms with E-state index in [1.54, 1.807) is 0 Å². The molecule has 10 rings (SSSR count). The summed E-state index contributed by atoms with van der Waals surface area (Å²) in [6.45, 7) is 0. The van der Waals surface area contributed by atoms with Crippen LogP contribution in [0.1, 0.15) is 33.7 Å². The van der Waals surface area contributed by atoms with E-state index >= 15 is 0 Å². The van der Waals surface area contributed by atoms with Gasteiger partial charge in [0, 0.05) is 34.1 Å². The first kappa shape index (κ1) is 51.2. The first-order chi connectivity index (χ1) is 35.1.